The molecule has 0 atom stereocenters. The normalized spacial score (nSPS) is 29.3. The van der Waals surface area contributed by atoms with Crippen LogP contribution in [0.4, 0.5) is 0 Å². The average Bonchev–Trinajstić information content (AvgIpc) is 3.03. The summed E-state index contributed by atoms with van der Waals surface area (Å²) in [5.41, 5.74) is 6.41. The van der Waals surface area contributed by atoms with Crippen LogP contribution in [0, 0.1) is 11.3 Å². The van der Waals surface area contributed by atoms with E-state index in [9.17, 15) is 4.79 Å². The fourth-order valence-corrected chi connectivity index (χ4v) is 3.05. The van der Waals surface area contributed by atoms with Gasteiger partial charge in [-0.25, -0.2) is 0 Å². The number of carbonyl (C=O) groups excluding carboxylic acids is 1. The molecule has 0 aromatic heterocycles. The highest BCUT2D eigenvalue weighted by molar-refractivity contribution is 5.77. The molecule has 3 saturated carbocycles. The molecular formula is C13H22N2O. The van der Waals surface area contributed by atoms with Crippen molar-refractivity contribution in [2.75, 3.05) is 6.54 Å². The third-order valence-electron chi connectivity index (χ3n) is 4.84. The fraction of sp³-hybridized carbons (Fsp3) is 0.923. The Morgan fingerprint density at radius 2 is 1.94 bits per heavy atom. The molecule has 3 rings (SSSR count). The number of hydrogen-bond acceptors (Lipinski definition) is 2. The molecular weight excluding hydrogens is 200 g/mol. The number of hydrogen-bond donors (Lipinski definition) is 2. The average molecular weight is 222 g/mol. The van der Waals surface area contributed by atoms with E-state index in [4.69, 9.17) is 5.73 Å². The number of nitrogens with two attached hydrogens (primary N) is 1. The molecule has 0 bridgehead atoms. The molecule has 3 aliphatic carbocycles. The molecule has 1 amide bonds. The van der Waals surface area contributed by atoms with Gasteiger partial charge in [-0.2, -0.15) is 0 Å². The minimum Gasteiger partial charge on any atom is -0.355 e. The summed E-state index contributed by atoms with van der Waals surface area (Å²) in [6.07, 6.45) is 9.19. The minimum absolute atomic E-state index is 0.166. The molecule has 3 fully saturated rings. The zero-order valence-electron chi connectivity index (χ0n) is 9.93. The zero-order valence-corrected chi connectivity index (χ0v) is 9.93. The van der Waals surface area contributed by atoms with Crippen molar-refractivity contribution in [2.24, 2.45) is 17.1 Å². The van der Waals surface area contributed by atoms with Crippen molar-refractivity contribution in [3.8, 4) is 0 Å². The summed E-state index contributed by atoms with van der Waals surface area (Å²) >= 11 is 0. The van der Waals surface area contributed by atoms with E-state index in [2.05, 4.69) is 5.32 Å². The molecule has 0 spiro atoms. The molecule has 0 unspecified atom stereocenters. The van der Waals surface area contributed by atoms with E-state index in [1.165, 1.54) is 32.1 Å². The summed E-state index contributed by atoms with van der Waals surface area (Å²) in [7, 11) is 0. The van der Waals surface area contributed by atoms with Gasteiger partial charge in [0.1, 0.15) is 0 Å². The van der Waals surface area contributed by atoms with E-state index in [0.29, 0.717) is 11.8 Å². The second kappa shape index (κ2) is 3.46. The van der Waals surface area contributed by atoms with Crippen LogP contribution in [-0.2, 0) is 4.79 Å². The van der Waals surface area contributed by atoms with Gasteiger partial charge in [0.25, 0.3) is 0 Å². The lowest BCUT2D eigenvalue weighted by atomic mass is 9.75. The van der Waals surface area contributed by atoms with Crippen LogP contribution in [0.3, 0.4) is 0 Å². The van der Waals surface area contributed by atoms with Crippen LogP contribution in [0.5, 0.6) is 0 Å². The van der Waals surface area contributed by atoms with Crippen molar-refractivity contribution in [1.29, 1.82) is 0 Å². The number of amides is 1. The SMILES string of the molecule is NC1(CC(=O)NCC2(C3CC3)CC2)CCC1. The smallest absolute Gasteiger partial charge is 0.221 e. The van der Waals surface area contributed by atoms with Crippen molar-refractivity contribution < 1.29 is 4.79 Å². The first-order chi connectivity index (χ1) is 7.62. The molecule has 3 N–H and O–H groups in total. The summed E-state index contributed by atoms with van der Waals surface area (Å²) in [6.45, 7) is 0.909. The highest BCUT2D eigenvalue weighted by atomic mass is 16.1. The molecule has 90 valence electrons. The maximum Gasteiger partial charge on any atom is 0.221 e. The number of nitrogens with one attached hydrogen (secondary N) is 1. The Hall–Kier alpha value is -0.570. The van der Waals surface area contributed by atoms with Gasteiger partial charge in [-0.05, 0) is 56.3 Å². The van der Waals surface area contributed by atoms with E-state index in [1.54, 1.807) is 0 Å². The van der Waals surface area contributed by atoms with Gasteiger partial charge in [-0.3, -0.25) is 4.79 Å². The van der Waals surface area contributed by atoms with Crippen LogP contribution in [0.2, 0.25) is 0 Å². The van der Waals surface area contributed by atoms with Crippen LogP contribution in [-0.4, -0.2) is 18.0 Å². The largest absolute Gasteiger partial charge is 0.355 e. The summed E-state index contributed by atoms with van der Waals surface area (Å²) in [5, 5.41) is 3.11. The predicted octanol–water partition coefficient (Wildman–Crippen LogP) is 1.56. The van der Waals surface area contributed by atoms with Gasteiger partial charge < -0.3 is 11.1 Å². The molecule has 0 aromatic carbocycles. The highest BCUT2D eigenvalue weighted by Gasteiger charge is 2.53. The molecule has 0 aliphatic heterocycles. The van der Waals surface area contributed by atoms with E-state index in [0.717, 1.165) is 25.3 Å². The molecule has 0 aromatic rings. The van der Waals surface area contributed by atoms with E-state index in [-0.39, 0.29) is 11.4 Å². The first-order valence-corrected chi connectivity index (χ1v) is 6.68. The van der Waals surface area contributed by atoms with Crippen molar-refractivity contribution in [3.63, 3.8) is 0 Å². The van der Waals surface area contributed by atoms with Crippen molar-refractivity contribution in [2.45, 2.75) is 56.9 Å². The van der Waals surface area contributed by atoms with Crippen molar-refractivity contribution in [1.82, 2.24) is 5.32 Å². The van der Waals surface area contributed by atoms with E-state index in [1.807, 2.05) is 0 Å². The van der Waals surface area contributed by atoms with Gasteiger partial charge in [0.05, 0.1) is 0 Å². The van der Waals surface area contributed by atoms with Gasteiger partial charge in [0.15, 0.2) is 0 Å². The molecule has 0 saturated heterocycles. The summed E-state index contributed by atoms with van der Waals surface area (Å²) < 4.78 is 0. The molecule has 3 nitrogen and oxygen atoms in total. The second-order valence-corrected chi connectivity index (χ2v) is 6.31. The number of rotatable bonds is 5. The minimum atomic E-state index is -0.166. The molecule has 0 heterocycles. The van der Waals surface area contributed by atoms with E-state index < -0.39 is 0 Å². The fourth-order valence-electron chi connectivity index (χ4n) is 3.05. The van der Waals surface area contributed by atoms with Crippen LogP contribution in [0.1, 0.15) is 51.4 Å². The monoisotopic (exact) mass is 222 g/mol. The molecule has 3 heteroatoms. The Kier molecular flexibility index (Phi) is 2.29. The molecule has 3 aliphatic rings. The molecule has 0 radical (unpaired) electrons. The topological polar surface area (TPSA) is 55.1 Å². The van der Waals surface area contributed by atoms with Gasteiger partial charge in [-0.15, -0.1) is 0 Å². The zero-order chi connectivity index (χ0) is 11.2. The first-order valence-electron chi connectivity index (χ1n) is 6.68. The lowest BCUT2D eigenvalue weighted by Gasteiger charge is -2.37. The van der Waals surface area contributed by atoms with Gasteiger partial charge in [-0.1, -0.05) is 0 Å². The Morgan fingerprint density at radius 1 is 1.25 bits per heavy atom. The highest BCUT2D eigenvalue weighted by Crippen LogP contribution is 2.60. The van der Waals surface area contributed by atoms with Crippen molar-refractivity contribution in [3.05, 3.63) is 0 Å². The van der Waals surface area contributed by atoms with Crippen LogP contribution < -0.4 is 11.1 Å². The van der Waals surface area contributed by atoms with Crippen molar-refractivity contribution >= 4 is 5.91 Å². The Labute approximate surface area is 97.2 Å². The molecule has 16 heavy (non-hydrogen) atoms. The maximum absolute atomic E-state index is 11.8. The van der Waals surface area contributed by atoms with Gasteiger partial charge in [0, 0.05) is 18.5 Å². The third-order valence-corrected chi connectivity index (χ3v) is 4.84. The third kappa shape index (κ3) is 1.97. The summed E-state index contributed by atoms with van der Waals surface area (Å²) in [4.78, 5) is 11.8. The first kappa shape index (κ1) is 10.6. The quantitative estimate of drug-likeness (QED) is 0.741. The lowest BCUT2D eigenvalue weighted by molar-refractivity contribution is -0.123. The second-order valence-electron chi connectivity index (χ2n) is 6.31. The number of carbonyl (C=O) groups is 1. The van der Waals surface area contributed by atoms with Crippen LogP contribution in [0.15, 0.2) is 0 Å². The summed E-state index contributed by atoms with van der Waals surface area (Å²) in [6, 6.07) is 0. The standard InChI is InChI=1S/C13H22N2O/c14-13(4-1-5-13)8-11(16)15-9-12(6-7-12)10-2-3-10/h10H,1-9,14H2,(H,15,16). The van der Waals surface area contributed by atoms with Gasteiger partial charge in [0.2, 0.25) is 5.91 Å². The summed E-state index contributed by atoms with van der Waals surface area (Å²) in [5.74, 6) is 1.09. The van der Waals surface area contributed by atoms with Crippen LogP contribution in [0.25, 0.3) is 0 Å². The lowest BCUT2D eigenvalue weighted by Crippen LogP contribution is -2.50. The predicted molar refractivity (Wildman–Crippen MR) is 62.8 cm³/mol. The Balaban J connectivity index is 1.43. The Morgan fingerprint density at radius 3 is 2.38 bits per heavy atom. The maximum atomic E-state index is 11.8. The Bertz CT molecular complexity index is 301. The van der Waals surface area contributed by atoms with Crippen LogP contribution >= 0.6 is 0 Å². The van der Waals surface area contributed by atoms with Gasteiger partial charge >= 0.3 is 0 Å². The van der Waals surface area contributed by atoms with E-state index >= 15 is 0 Å².